The van der Waals surface area contributed by atoms with Crippen LogP contribution in [0.1, 0.15) is 4.88 Å². The van der Waals surface area contributed by atoms with Crippen LogP contribution < -0.4 is 15.1 Å². The lowest BCUT2D eigenvalue weighted by Gasteiger charge is -2.28. The molecule has 23 heavy (non-hydrogen) atoms. The molecule has 1 N–H and O–H groups in total. The molecule has 0 bridgehead atoms. The van der Waals surface area contributed by atoms with Gasteiger partial charge in [-0.25, -0.2) is 5.43 Å². The zero-order valence-corrected chi connectivity index (χ0v) is 14.3. The second-order valence-electron chi connectivity index (χ2n) is 4.70. The molecule has 0 fully saturated rings. The van der Waals surface area contributed by atoms with Crippen molar-refractivity contribution in [1.29, 1.82) is 0 Å². The van der Waals surface area contributed by atoms with E-state index in [0.717, 1.165) is 9.35 Å². The highest BCUT2D eigenvalue weighted by Gasteiger charge is 2.26. The van der Waals surface area contributed by atoms with Crippen molar-refractivity contribution in [3.05, 3.63) is 45.1 Å². The minimum Gasteiger partial charge on any atom is -0.482 e. The molecule has 0 atom stereocenters. The van der Waals surface area contributed by atoms with Crippen LogP contribution in [0, 0.1) is 0 Å². The standard InChI is InChI=1S/C15H12BrN3O3S/c16-10-5-11(23-9-10)6-17-18-14(20)7-19-12-3-1-2-4-13(12)22-8-15(19)21/h1-6,9H,7-8H2,(H,18,20)/b17-6-. The number of nitrogens with one attached hydrogen (secondary N) is 1. The van der Waals surface area contributed by atoms with Gasteiger partial charge in [-0.15, -0.1) is 11.3 Å². The summed E-state index contributed by atoms with van der Waals surface area (Å²) in [5, 5.41) is 5.82. The summed E-state index contributed by atoms with van der Waals surface area (Å²) in [5.41, 5.74) is 3.01. The Labute approximate surface area is 144 Å². The van der Waals surface area contributed by atoms with Crippen molar-refractivity contribution in [2.75, 3.05) is 18.1 Å². The normalized spacial score (nSPS) is 13.8. The Morgan fingerprint density at radius 1 is 1.48 bits per heavy atom. The number of fused-ring (bicyclic) bond motifs is 1. The van der Waals surface area contributed by atoms with Crippen molar-refractivity contribution >= 4 is 51.0 Å². The van der Waals surface area contributed by atoms with Gasteiger partial charge >= 0.3 is 0 Å². The first-order chi connectivity index (χ1) is 11.1. The SMILES string of the molecule is O=C(CN1C(=O)COc2ccccc21)N/N=C\c1cc(Br)cs1. The van der Waals surface area contributed by atoms with E-state index < -0.39 is 0 Å². The molecule has 3 rings (SSSR count). The van der Waals surface area contributed by atoms with Gasteiger partial charge in [-0.1, -0.05) is 12.1 Å². The van der Waals surface area contributed by atoms with E-state index in [9.17, 15) is 9.59 Å². The lowest BCUT2D eigenvalue weighted by atomic mass is 10.2. The summed E-state index contributed by atoms with van der Waals surface area (Å²) in [5.74, 6) is -0.0428. The predicted octanol–water partition coefficient (Wildman–Crippen LogP) is 2.39. The number of halogens is 1. The fourth-order valence-corrected chi connectivity index (χ4v) is 3.37. The molecule has 6 nitrogen and oxygen atoms in total. The third-order valence-electron chi connectivity index (χ3n) is 3.08. The van der Waals surface area contributed by atoms with Gasteiger partial charge in [-0.2, -0.15) is 5.10 Å². The van der Waals surface area contributed by atoms with Crippen LogP contribution in [-0.2, 0) is 9.59 Å². The van der Waals surface area contributed by atoms with Crippen LogP contribution in [0.5, 0.6) is 5.75 Å². The number of para-hydroxylation sites is 2. The van der Waals surface area contributed by atoms with Crippen molar-refractivity contribution in [2.45, 2.75) is 0 Å². The molecule has 0 unspecified atom stereocenters. The molecule has 0 saturated heterocycles. The minimum absolute atomic E-state index is 0.0726. The number of anilines is 1. The zero-order valence-electron chi connectivity index (χ0n) is 11.9. The number of hydrogen-bond acceptors (Lipinski definition) is 5. The zero-order chi connectivity index (χ0) is 16.2. The summed E-state index contributed by atoms with van der Waals surface area (Å²) >= 11 is 4.85. The molecule has 1 aliphatic rings. The molecule has 2 heterocycles. The van der Waals surface area contributed by atoms with Crippen LogP contribution >= 0.6 is 27.3 Å². The lowest BCUT2D eigenvalue weighted by molar-refractivity contribution is -0.125. The van der Waals surface area contributed by atoms with Crippen LogP contribution in [0.4, 0.5) is 5.69 Å². The summed E-state index contributed by atoms with van der Waals surface area (Å²) in [6.45, 7) is -0.179. The van der Waals surface area contributed by atoms with Crippen LogP contribution in [0.2, 0.25) is 0 Å². The quantitative estimate of drug-likeness (QED) is 0.640. The summed E-state index contributed by atoms with van der Waals surface area (Å²) < 4.78 is 6.30. The van der Waals surface area contributed by atoms with E-state index in [-0.39, 0.29) is 25.0 Å². The number of rotatable bonds is 4. The molecule has 2 amide bonds. The second-order valence-corrected chi connectivity index (χ2v) is 6.56. The Kier molecular flexibility index (Phi) is 4.73. The van der Waals surface area contributed by atoms with E-state index in [4.69, 9.17) is 4.74 Å². The first-order valence-electron chi connectivity index (χ1n) is 6.71. The molecule has 2 aromatic rings. The average molecular weight is 394 g/mol. The summed E-state index contributed by atoms with van der Waals surface area (Å²) in [6.07, 6.45) is 1.56. The number of benzene rings is 1. The maximum atomic E-state index is 12.0. The molecular formula is C15H12BrN3O3S. The van der Waals surface area contributed by atoms with Crippen molar-refractivity contribution in [3.63, 3.8) is 0 Å². The molecule has 0 radical (unpaired) electrons. The number of carbonyl (C=O) groups is 2. The van der Waals surface area contributed by atoms with Crippen molar-refractivity contribution < 1.29 is 14.3 Å². The maximum absolute atomic E-state index is 12.0. The number of nitrogens with zero attached hydrogens (tertiary/aromatic N) is 2. The van der Waals surface area contributed by atoms with E-state index in [2.05, 4.69) is 26.5 Å². The van der Waals surface area contributed by atoms with Gasteiger partial charge in [0.05, 0.1) is 11.9 Å². The number of carbonyl (C=O) groups excluding carboxylic acids is 2. The van der Waals surface area contributed by atoms with Gasteiger partial charge in [0.2, 0.25) is 0 Å². The summed E-state index contributed by atoms with van der Waals surface area (Å²) in [6, 6.07) is 9.00. The fraction of sp³-hybridized carbons (Fsp3) is 0.133. The Balaban J connectivity index is 1.63. The molecular weight excluding hydrogens is 382 g/mol. The molecule has 1 aliphatic heterocycles. The Hall–Kier alpha value is -2.19. The van der Waals surface area contributed by atoms with E-state index >= 15 is 0 Å². The second kappa shape index (κ2) is 6.93. The first kappa shape index (κ1) is 15.7. The number of hydrazone groups is 1. The Morgan fingerprint density at radius 2 is 2.30 bits per heavy atom. The van der Waals surface area contributed by atoms with Crippen molar-refractivity contribution in [1.82, 2.24) is 5.43 Å². The summed E-state index contributed by atoms with van der Waals surface area (Å²) in [7, 11) is 0. The first-order valence-corrected chi connectivity index (χ1v) is 8.39. The molecule has 1 aromatic carbocycles. The highest BCUT2D eigenvalue weighted by molar-refractivity contribution is 9.10. The van der Waals surface area contributed by atoms with Gasteiger partial charge < -0.3 is 4.74 Å². The molecule has 0 saturated carbocycles. The number of thiophene rings is 1. The highest BCUT2D eigenvalue weighted by atomic mass is 79.9. The minimum atomic E-state index is -0.373. The molecule has 1 aromatic heterocycles. The van der Waals surface area contributed by atoms with Gasteiger partial charge in [0.15, 0.2) is 6.61 Å². The monoisotopic (exact) mass is 393 g/mol. The number of amides is 2. The van der Waals surface area contributed by atoms with Gasteiger partial charge in [0.25, 0.3) is 11.8 Å². The smallest absolute Gasteiger partial charge is 0.265 e. The molecule has 0 aliphatic carbocycles. The summed E-state index contributed by atoms with van der Waals surface area (Å²) in [4.78, 5) is 26.3. The average Bonchev–Trinajstić information content (AvgIpc) is 2.96. The van der Waals surface area contributed by atoms with Crippen LogP contribution in [0.25, 0.3) is 0 Å². The third-order valence-corrected chi connectivity index (χ3v) is 4.71. The van der Waals surface area contributed by atoms with E-state index in [1.165, 1.54) is 16.2 Å². The van der Waals surface area contributed by atoms with Gasteiger partial charge in [0.1, 0.15) is 12.3 Å². The molecule has 8 heteroatoms. The Bertz CT molecular complexity index is 775. The highest BCUT2D eigenvalue weighted by Crippen LogP contribution is 2.31. The van der Waals surface area contributed by atoms with E-state index in [1.807, 2.05) is 17.5 Å². The third kappa shape index (κ3) is 3.77. The van der Waals surface area contributed by atoms with E-state index in [0.29, 0.717) is 11.4 Å². The topological polar surface area (TPSA) is 71.0 Å². The molecule has 118 valence electrons. The largest absolute Gasteiger partial charge is 0.482 e. The molecule has 0 spiro atoms. The van der Waals surface area contributed by atoms with Crippen molar-refractivity contribution in [3.8, 4) is 5.75 Å². The van der Waals surface area contributed by atoms with Gasteiger partial charge in [-0.3, -0.25) is 14.5 Å². The van der Waals surface area contributed by atoms with E-state index in [1.54, 1.807) is 24.4 Å². The van der Waals surface area contributed by atoms with Crippen LogP contribution in [0.3, 0.4) is 0 Å². The fourth-order valence-electron chi connectivity index (χ4n) is 2.07. The van der Waals surface area contributed by atoms with Crippen LogP contribution in [-0.4, -0.2) is 31.2 Å². The maximum Gasteiger partial charge on any atom is 0.265 e. The lowest BCUT2D eigenvalue weighted by Crippen LogP contribution is -2.44. The van der Waals surface area contributed by atoms with Crippen molar-refractivity contribution in [2.24, 2.45) is 5.10 Å². The number of hydrogen-bond donors (Lipinski definition) is 1. The van der Waals surface area contributed by atoms with Crippen LogP contribution in [0.15, 0.2) is 45.3 Å². The van der Waals surface area contributed by atoms with Gasteiger partial charge in [-0.05, 0) is 34.1 Å². The van der Waals surface area contributed by atoms with Gasteiger partial charge in [0, 0.05) is 14.7 Å². The Morgan fingerprint density at radius 3 is 3.09 bits per heavy atom. The predicted molar refractivity (Wildman–Crippen MR) is 92.0 cm³/mol. The number of ether oxygens (including phenoxy) is 1.